The van der Waals surface area contributed by atoms with Crippen LogP contribution < -0.4 is 0 Å². The number of carbonyl (C=O) groups is 2. The van der Waals surface area contributed by atoms with E-state index < -0.39 is 5.97 Å². The lowest BCUT2D eigenvalue weighted by Crippen LogP contribution is -2.27. The Morgan fingerprint density at radius 2 is 2.33 bits per heavy atom. The van der Waals surface area contributed by atoms with E-state index in [-0.39, 0.29) is 12.3 Å². The topological polar surface area (TPSA) is 86.3 Å². The van der Waals surface area contributed by atoms with Crippen molar-refractivity contribution in [1.29, 1.82) is 0 Å². The lowest BCUT2D eigenvalue weighted by molar-refractivity contribution is -0.137. The van der Waals surface area contributed by atoms with Crippen LogP contribution in [0.3, 0.4) is 0 Å². The van der Waals surface area contributed by atoms with E-state index in [1.807, 2.05) is 0 Å². The minimum Gasteiger partial charge on any atom is -0.481 e. The number of H-pyrrole nitrogens is 1. The van der Waals surface area contributed by atoms with Gasteiger partial charge >= 0.3 is 5.97 Å². The second kappa shape index (κ2) is 5.14. The molecular formula is C9H13N3O3. The number of nitrogens with zero attached hydrogens (tertiary/aromatic N) is 2. The molecule has 0 aliphatic carbocycles. The Kier molecular flexibility index (Phi) is 3.84. The van der Waals surface area contributed by atoms with E-state index in [1.165, 1.54) is 17.3 Å². The molecule has 0 fully saturated rings. The summed E-state index contributed by atoms with van der Waals surface area (Å²) in [5, 5.41) is 14.6. The second-order valence-electron chi connectivity index (χ2n) is 3.21. The molecule has 0 saturated heterocycles. The highest BCUT2D eigenvalue weighted by Gasteiger charge is 2.12. The number of hydrogen-bond acceptors (Lipinski definition) is 3. The first-order chi connectivity index (χ1) is 7.11. The summed E-state index contributed by atoms with van der Waals surface area (Å²) in [4.78, 5) is 23.3. The molecule has 1 amide bonds. The van der Waals surface area contributed by atoms with Gasteiger partial charge < -0.3 is 10.0 Å². The fourth-order valence-electron chi connectivity index (χ4n) is 1.16. The zero-order chi connectivity index (χ0) is 11.3. The molecule has 0 atom stereocenters. The average molecular weight is 211 g/mol. The van der Waals surface area contributed by atoms with Crippen LogP contribution in [-0.4, -0.2) is 45.7 Å². The van der Waals surface area contributed by atoms with Gasteiger partial charge in [0.05, 0.1) is 11.8 Å². The summed E-state index contributed by atoms with van der Waals surface area (Å²) in [5.41, 5.74) is 0.479. The molecular weight excluding hydrogens is 198 g/mol. The molecule has 0 saturated carbocycles. The van der Waals surface area contributed by atoms with Crippen molar-refractivity contribution in [1.82, 2.24) is 15.1 Å². The van der Waals surface area contributed by atoms with Crippen LogP contribution in [0.25, 0.3) is 0 Å². The minimum absolute atomic E-state index is 0.0724. The molecule has 6 nitrogen and oxygen atoms in total. The third-order valence-electron chi connectivity index (χ3n) is 1.98. The summed E-state index contributed by atoms with van der Waals surface area (Å²) in [5.74, 6) is -1.01. The number of aliphatic carboxylic acids is 1. The predicted octanol–water partition coefficient (Wildman–Crippen LogP) is 0.346. The van der Waals surface area contributed by atoms with Gasteiger partial charge in [0, 0.05) is 26.2 Å². The van der Waals surface area contributed by atoms with Crippen LogP contribution in [0, 0.1) is 0 Å². The highest BCUT2D eigenvalue weighted by molar-refractivity contribution is 5.93. The number of nitrogens with one attached hydrogen (secondary N) is 1. The van der Waals surface area contributed by atoms with Gasteiger partial charge in [0.25, 0.3) is 5.91 Å². The molecule has 0 unspecified atom stereocenters. The first-order valence-electron chi connectivity index (χ1n) is 4.57. The van der Waals surface area contributed by atoms with Crippen LogP contribution in [0.15, 0.2) is 12.4 Å². The summed E-state index contributed by atoms with van der Waals surface area (Å²) in [6, 6.07) is 0. The van der Waals surface area contributed by atoms with E-state index in [4.69, 9.17) is 5.11 Å². The van der Waals surface area contributed by atoms with Crippen LogP contribution in [0.4, 0.5) is 0 Å². The molecule has 0 aliphatic heterocycles. The molecule has 0 radical (unpaired) electrons. The van der Waals surface area contributed by atoms with E-state index in [2.05, 4.69) is 10.2 Å². The van der Waals surface area contributed by atoms with E-state index in [0.717, 1.165) is 0 Å². The maximum absolute atomic E-state index is 11.6. The largest absolute Gasteiger partial charge is 0.481 e. The van der Waals surface area contributed by atoms with Gasteiger partial charge in [0.2, 0.25) is 0 Å². The highest BCUT2D eigenvalue weighted by atomic mass is 16.4. The molecule has 82 valence electrons. The fraction of sp³-hybridized carbons (Fsp3) is 0.444. The summed E-state index contributed by atoms with van der Waals surface area (Å²) in [6.45, 7) is 0.427. The normalized spacial score (nSPS) is 9.93. The fourth-order valence-corrected chi connectivity index (χ4v) is 1.16. The molecule has 15 heavy (non-hydrogen) atoms. The Morgan fingerprint density at radius 1 is 1.60 bits per heavy atom. The van der Waals surface area contributed by atoms with Crippen molar-refractivity contribution in [3.8, 4) is 0 Å². The Hall–Kier alpha value is -1.85. The Bertz CT molecular complexity index is 334. The Labute approximate surface area is 86.9 Å². The molecule has 1 aromatic heterocycles. The molecule has 0 bridgehead atoms. The minimum atomic E-state index is -0.848. The quantitative estimate of drug-likeness (QED) is 0.735. The van der Waals surface area contributed by atoms with Crippen LogP contribution in [0.2, 0.25) is 0 Å². The zero-order valence-corrected chi connectivity index (χ0v) is 8.43. The molecule has 2 N–H and O–H groups in total. The maximum Gasteiger partial charge on any atom is 0.303 e. The van der Waals surface area contributed by atoms with Crippen molar-refractivity contribution in [2.24, 2.45) is 0 Å². The molecule has 0 aromatic carbocycles. The zero-order valence-electron chi connectivity index (χ0n) is 8.43. The summed E-state index contributed by atoms with van der Waals surface area (Å²) < 4.78 is 0. The molecule has 1 rings (SSSR count). The number of amides is 1. The third kappa shape index (κ3) is 3.41. The van der Waals surface area contributed by atoms with Gasteiger partial charge in [0.15, 0.2) is 0 Å². The van der Waals surface area contributed by atoms with Gasteiger partial charge in [0.1, 0.15) is 0 Å². The van der Waals surface area contributed by atoms with Crippen LogP contribution in [0.1, 0.15) is 23.2 Å². The van der Waals surface area contributed by atoms with Crippen molar-refractivity contribution in [2.45, 2.75) is 12.8 Å². The Balaban J connectivity index is 2.37. The first-order valence-corrected chi connectivity index (χ1v) is 4.57. The van der Waals surface area contributed by atoms with Crippen LogP contribution >= 0.6 is 0 Å². The van der Waals surface area contributed by atoms with Crippen molar-refractivity contribution in [3.05, 3.63) is 18.0 Å². The molecule has 0 aliphatic rings. The van der Waals surface area contributed by atoms with Gasteiger partial charge in [-0.25, -0.2) is 0 Å². The first kappa shape index (κ1) is 11.2. The molecule has 0 spiro atoms. The molecule has 1 aromatic rings. The predicted molar refractivity (Wildman–Crippen MR) is 52.4 cm³/mol. The van der Waals surface area contributed by atoms with Crippen molar-refractivity contribution in [2.75, 3.05) is 13.6 Å². The van der Waals surface area contributed by atoms with Crippen LogP contribution in [-0.2, 0) is 4.79 Å². The van der Waals surface area contributed by atoms with Gasteiger partial charge in [-0.2, -0.15) is 5.10 Å². The van der Waals surface area contributed by atoms with Gasteiger partial charge in [-0.05, 0) is 6.42 Å². The number of rotatable bonds is 5. The number of carboxylic acid groups (broad SMARTS) is 1. The summed E-state index contributed by atoms with van der Waals surface area (Å²) in [6.07, 6.45) is 3.48. The maximum atomic E-state index is 11.6. The van der Waals surface area contributed by atoms with E-state index in [9.17, 15) is 9.59 Å². The van der Waals surface area contributed by atoms with E-state index in [1.54, 1.807) is 7.05 Å². The average Bonchev–Trinajstić information content (AvgIpc) is 2.68. The smallest absolute Gasteiger partial charge is 0.303 e. The third-order valence-corrected chi connectivity index (χ3v) is 1.98. The van der Waals surface area contributed by atoms with Crippen LogP contribution in [0.5, 0.6) is 0 Å². The lowest BCUT2D eigenvalue weighted by Gasteiger charge is -2.15. The Morgan fingerprint density at radius 3 is 2.87 bits per heavy atom. The number of carbonyl (C=O) groups excluding carboxylic acids is 1. The number of carboxylic acids is 1. The van der Waals surface area contributed by atoms with Crippen molar-refractivity contribution >= 4 is 11.9 Å². The lowest BCUT2D eigenvalue weighted by atomic mass is 10.2. The molecule has 1 heterocycles. The summed E-state index contributed by atoms with van der Waals surface area (Å²) >= 11 is 0. The van der Waals surface area contributed by atoms with Crippen molar-refractivity contribution < 1.29 is 14.7 Å². The van der Waals surface area contributed by atoms with E-state index in [0.29, 0.717) is 18.5 Å². The van der Waals surface area contributed by atoms with Gasteiger partial charge in [-0.3, -0.25) is 14.7 Å². The number of hydrogen-bond donors (Lipinski definition) is 2. The van der Waals surface area contributed by atoms with Gasteiger partial charge in [-0.1, -0.05) is 0 Å². The van der Waals surface area contributed by atoms with E-state index >= 15 is 0 Å². The SMILES string of the molecule is CN(CCCC(=O)O)C(=O)c1cn[nH]c1. The second-order valence-corrected chi connectivity index (χ2v) is 3.21. The summed E-state index contributed by atoms with van der Waals surface area (Å²) in [7, 11) is 1.64. The highest BCUT2D eigenvalue weighted by Crippen LogP contribution is 2.01. The number of aromatic amines is 1. The van der Waals surface area contributed by atoms with Crippen molar-refractivity contribution in [3.63, 3.8) is 0 Å². The standard InChI is InChI=1S/C9H13N3O3/c1-12(4-2-3-8(13)14)9(15)7-5-10-11-6-7/h5-6H,2-4H2,1H3,(H,10,11)(H,13,14). The van der Waals surface area contributed by atoms with Gasteiger partial charge in [-0.15, -0.1) is 0 Å². The monoisotopic (exact) mass is 211 g/mol. The molecule has 6 heteroatoms. The number of aromatic nitrogens is 2.